The number of imidazole rings is 1. The number of hydrogen-bond donors (Lipinski definition) is 3. The molecule has 0 aliphatic rings. The quantitative estimate of drug-likeness (QED) is 0.497. The molecule has 136 valence electrons. The van der Waals surface area contributed by atoms with Crippen LogP contribution in [-0.4, -0.2) is 21.0 Å². The number of carbonyl (C=O) groups is 1. The van der Waals surface area contributed by atoms with Crippen molar-refractivity contribution < 1.29 is 13.7 Å². The summed E-state index contributed by atoms with van der Waals surface area (Å²) < 4.78 is 19.4. The normalized spacial score (nSPS) is 11.1. The number of nitrogens with one attached hydrogen (secondary N) is 3. The lowest BCUT2D eigenvalue weighted by Gasteiger charge is -2.07. The summed E-state index contributed by atoms with van der Waals surface area (Å²) in [6.45, 7) is 1.55. The monoisotopic (exact) mass is 386 g/mol. The first-order chi connectivity index (χ1) is 12.9. The lowest BCUT2D eigenvalue weighted by Crippen LogP contribution is -2.13. The number of carbonyl (C=O) groups excluding carboxylic acids is 1. The van der Waals surface area contributed by atoms with Crippen molar-refractivity contribution in [3.63, 3.8) is 0 Å². The number of hydrogen-bond acceptors (Lipinski definition) is 4. The molecule has 27 heavy (non-hydrogen) atoms. The Kier molecular flexibility index (Phi) is 4.04. The Balaban J connectivity index is 1.73. The van der Waals surface area contributed by atoms with Gasteiger partial charge in [0.1, 0.15) is 22.8 Å². The third-order valence-electron chi connectivity index (χ3n) is 4.06. The standard InChI is InChI=1S/C18H12ClFN4O3/c1-8-14(16(24-27-8)15-10(19)3-2-4-11(15)20)17(25)21-9-5-6-12-13(7-9)23-18(26)22-12/h2-7H,1H3,(H,21,25)(H2,22,23,26). The number of aromatic amines is 2. The zero-order valence-electron chi connectivity index (χ0n) is 13.9. The summed E-state index contributed by atoms with van der Waals surface area (Å²) >= 11 is 6.09. The van der Waals surface area contributed by atoms with Crippen LogP contribution in [0, 0.1) is 12.7 Å². The molecule has 0 aliphatic carbocycles. The van der Waals surface area contributed by atoms with Gasteiger partial charge in [0.25, 0.3) is 5.91 Å². The maximum Gasteiger partial charge on any atom is 0.323 e. The maximum atomic E-state index is 14.3. The Bertz CT molecular complexity index is 1220. The second kappa shape index (κ2) is 6.40. The van der Waals surface area contributed by atoms with E-state index in [9.17, 15) is 14.0 Å². The van der Waals surface area contributed by atoms with Gasteiger partial charge in [-0.2, -0.15) is 0 Å². The molecule has 0 aliphatic heterocycles. The van der Waals surface area contributed by atoms with E-state index in [4.69, 9.17) is 16.1 Å². The predicted octanol–water partition coefficient (Wildman–Crippen LogP) is 3.86. The summed E-state index contributed by atoms with van der Waals surface area (Å²) in [5.41, 5.74) is 1.32. The zero-order valence-corrected chi connectivity index (χ0v) is 14.6. The van der Waals surface area contributed by atoms with Gasteiger partial charge >= 0.3 is 5.69 Å². The predicted molar refractivity (Wildman–Crippen MR) is 98.5 cm³/mol. The average molecular weight is 387 g/mol. The number of rotatable bonds is 3. The summed E-state index contributed by atoms with van der Waals surface area (Å²) in [5, 5.41) is 6.62. The fourth-order valence-corrected chi connectivity index (χ4v) is 3.09. The van der Waals surface area contributed by atoms with Crippen molar-refractivity contribution in [3.8, 4) is 11.3 Å². The van der Waals surface area contributed by atoms with E-state index in [0.29, 0.717) is 16.7 Å². The molecule has 0 unspecified atom stereocenters. The van der Waals surface area contributed by atoms with E-state index in [0.717, 1.165) is 0 Å². The number of benzene rings is 2. The van der Waals surface area contributed by atoms with Gasteiger partial charge in [-0.1, -0.05) is 22.8 Å². The molecule has 2 heterocycles. The van der Waals surface area contributed by atoms with E-state index in [1.165, 1.54) is 18.2 Å². The van der Waals surface area contributed by atoms with Crippen LogP contribution >= 0.6 is 11.6 Å². The molecule has 0 bridgehead atoms. The van der Waals surface area contributed by atoms with Crippen LogP contribution in [0.15, 0.2) is 45.7 Å². The Morgan fingerprint density at radius 3 is 2.78 bits per heavy atom. The van der Waals surface area contributed by atoms with E-state index >= 15 is 0 Å². The summed E-state index contributed by atoms with van der Waals surface area (Å²) in [7, 11) is 0. The second-order valence-electron chi connectivity index (χ2n) is 5.85. The lowest BCUT2D eigenvalue weighted by molar-refractivity contribution is 0.102. The van der Waals surface area contributed by atoms with E-state index in [1.54, 1.807) is 25.1 Å². The average Bonchev–Trinajstić information content (AvgIpc) is 3.16. The maximum absolute atomic E-state index is 14.3. The first-order valence-electron chi connectivity index (χ1n) is 7.88. The number of anilines is 1. The first kappa shape index (κ1) is 17.0. The smallest absolute Gasteiger partial charge is 0.323 e. The van der Waals surface area contributed by atoms with Gasteiger partial charge in [-0.15, -0.1) is 0 Å². The van der Waals surface area contributed by atoms with Crippen molar-refractivity contribution in [1.82, 2.24) is 15.1 Å². The van der Waals surface area contributed by atoms with Gasteiger partial charge in [-0.05, 0) is 37.3 Å². The zero-order chi connectivity index (χ0) is 19.1. The van der Waals surface area contributed by atoms with Crippen molar-refractivity contribution in [2.24, 2.45) is 0 Å². The van der Waals surface area contributed by atoms with E-state index in [-0.39, 0.29) is 33.3 Å². The van der Waals surface area contributed by atoms with Gasteiger partial charge in [0, 0.05) is 5.69 Å². The van der Waals surface area contributed by atoms with Gasteiger partial charge in [0.05, 0.1) is 21.6 Å². The van der Waals surface area contributed by atoms with Crippen LogP contribution in [0.25, 0.3) is 22.3 Å². The summed E-state index contributed by atoms with van der Waals surface area (Å²) in [4.78, 5) is 29.4. The Labute approximate surface area is 156 Å². The Hall–Kier alpha value is -3.39. The molecule has 2 aromatic carbocycles. The number of fused-ring (bicyclic) bond motifs is 1. The number of halogens is 2. The highest BCUT2D eigenvalue weighted by atomic mass is 35.5. The molecule has 0 fully saturated rings. The minimum absolute atomic E-state index is 0.00779. The van der Waals surface area contributed by atoms with Gasteiger partial charge in [-0.25, -0.2) is 9.18 Å². The minimum atomic E-state index is -0.615. The molecule has 0 spiro atoms. The summed E-state index contributed by atoms with van der Waals surface area (Å²) in [5.74, 6) is -0.936. The summed E-state index contributed by atoms with van der Waals surface area (Å²) in [6, 6.07) is 9.07. The molecule has 4 rings (SSSR count). The third kappa shape index (κ3) is 3.00. The fourth-order valence-electron chi connectivity index (χ4n) is 2.84. The van der Waals surface area contributed by atoms with Crippen molar-refractivity contribution in [2.45, 2.75) is 6.92 Å². The van der Waals surface area contributed by atoms with Gasteiger partial charge in [0.15, 0.2) is 0 Å². The second-order valence-corrected chi connectivity index (χ2v) is 6.26. The topological polar surface area (TPSA) is 104 Å². The van der Waals surface area contributed by atoms with Gasteiger partial charge in [-0.3, -0.25) is 4.79 Å². The summed E-state index contributed by atoms with van der Waals surface area (Å²) in [6.07, 6.45) is 0. The molecule has 1 amide bonds. The molecule has 0 atom stereocenters. The number of nitrogens with zero attached hydrogens (tertiary/aromatic N) is 1. The molecule has 4 aromatic rings. The Morgan fingerprint density at radius 1 is 1.22 bits per heavy atom. The van der Waals surface area contributed by atoms with Crippen LogP contribution in [0.2, 0.25) is 5.02 Å². The van der Waals surface area contributed by atoms with Crippen LogP contribution < -0.4 is 11.0 Å². The van der Waals surface area contributed by atoms with E-state index in [2.05, 4.69) is 20.4 Å². The van der Waals surface area contributed by atoms with Gasteiger partial charge < -0.3 is 19.8 Å². The van der Waals surface area contributed by atoms with Crippen molar-refractivity contribution in [3.05, 3.63) is 69.0 Å². The van der Waals surface area contributed by atoms with Crippen LogP contribution in [-0.2, 0) is 0 Å². The van der Waals surface area contributed by atoms with Crippen LogP contribution in [0.5, 0.6) is 0 Å². The van der Waals surface area contributed by atoms with Crippen LogP contribution in [0.1, 0.15) is 16.1 Å². The number of H-pyrrole nitrogens is 2. The number of aromatic nitrogens is 3. The number of amides is 1. The van der Waals surface area contributed by atoms with Crippen LogP contribution in [0.4, 0.5) is 10.1 Å². The molecule has 0 saturated carbocycles. The van der Waals surface area contributed by atoms with E-state index in [1.807, 2.05) is 0 Å². The third-order valence-corrected chi connectivity index (χ3v) is 4.38. The highest BCUT2D eigenvalue weighted by Gasteiger charge is 2.25. The fraction of sp³-hybridized carbons (Fsp3) is 0.0556. The molecule has 0 radical (unpaired) electrons. The van der Waals surface area contributed by atoms with Crippen LogP contribution in [0.3, 0.4) is 0 Å². The first-order valence-corrected chi connectivity index (χ1v) is 8.26. The Morgan fingerprint density at radius 2 is 2.00 bits per heavy atom. The molecular formula is C18H12ClFN4O3. The lowest BCUT2D eigenvalue weighted by atomic mass is 10.0. The highest BCUT2D eigenvalue weighted by Crippen LogP contribution is 2.33. The molecule has 7 nitrogen and oxygen atoms in total. The van der Waals surface area contributed by atoms with Crippen molar-refractivity contribution >= 4 is 34.2 Å². The van der Waals surface area contributed by atoms with Crippen molar-refractivity contribution in [2.75, 3.05) is 5.32 Å². The van der Waals surface area contributed by atoms with E-state index < -0.39 is 11.7 Å². The molecule has 0 saturated heterocycles. The molecular weight excluding hydrogens is 375 g/mol. The van der Waals surface area contributed by atoms with Gasteiger partial charge in [0.2, 0.25) is 0 Å². The minimum Gasteiger partial charge on any atom is -0.360 e. The SMILES string of the molecule is Cc1onc(-c2c(F)cccc2Cl)c1C(=O)Nc1ccc2[nH]c(=O)[nH]c2c1. The van der Waals surface area contributed by atoms with Crippen molar-refractivity contribution in [1.29, 1.82) is 0 Å². The molecule has 9 heteroatoms. The number of aryl methyl sites for hydroxylation is 1. The molecule has 2 aromatic heterocycles. The largest absolute Gasteiger partial charge is 0.360 e. The highest BCUT2D eigenvalue weighted by molar-refractivity contribution is 6.33. The molecule has 3 N–H and O–H groups in total.